The van der Waals surface area contributed by atoms with E-state index in [4.69, 9.17) is 14.0 Å². The number of nitrogens with one attached hydrogen (secondary N) is 1. The van der Waals surface area contributed by atoms with E-state index in [9.17, 15) is 4.79 Å². The van der Waals surface area contributed by atoms with Gasteiger partial charge in [-0.15, -0.1) is 11.3 Å². The van der Waals surface area contributed by atoms with Crippen molar-refractivity contribution in [2.75, 3.05) is 13.2 Å². The third kappa shape index (κ3) is 3.45. The van der Waals surface area contributed by atoms with Crippen molar-refractivity contribution in [1.82, 2.24) is 15.5 Å². The lowest BCUT2D eigenvalue weighted by molar-refractivity contribution is -0.123. The van der Waals surface area contributed by atoms with Crippen molar-refractivity contribution in [3.63, 3.8) is 0 Å². The average Bonchev–Trinajstić information content (AvgIpc) is 3.18. The minimum absolute atomic E-state index is 0.149. The summed E-state index contributed by atoms with van der Waals surface area (Å²) in [5, 5.41) is 8.57. The van der Waals surface area contributed by atoms with Crippen LogP contribution in [0.2, 0.25) is 0 Å². The first-order chi connectivity index (χ1) is 10.7. The van der Waals surface area contributed by atoms with Gasteiger partial charge in [0.05, 0.1) is 6.54 Å². The topological polar surface area (TPSA) is 86.5 Å². The van der Waals surface area contributed by atoms with Gasteiger partial charge in [-0.1, -0.05) is 11.2 Å². The lowest BCUT2D eigenvalue weighted by Gasteiger charge is -2.18. The smallest absolute Gasteiger partial charge is 0.290 e. The molecule has 116 valence electrons. The Balaban J connectivity index is 1.55. The fraction of sp³-hybridized carbons (Fsp3) is 0.357. The molecule has 2 aromatic heterocycles. The first-order valence-electron chi connectivity index (χ1n) is 6.81. The molecular weight excluding hydrogens is 306 g/mol. The summed E-state index contributed by atoms with van der Waals surface area (Å²) in [6.45, 7) is 2.67. The zero-order valence-corrected chi connectivity index (χ0v) is 12.8. The maximum Gasteiger partial charge on any atom is 0.290 e. The summed E-state index contributed by atoms with van der Waals surface area (Å²) in [5.74, 6) is 1.28. The van der Waals surface area contributed by atoms with Crippen LogP contribution in [0.25, 0.3) is 0 Å². The highest BCUT2D eigenvalue weighted by molar-refractivity contribution is 7.09. The van der Waals surface area contributed by atoms with Crippen molar-refractivity contribution in [1.29, 1.82) is 0 Å². The molecule has 0 atom stereocenters. The quantitative estimate of drug-likeness (QED) is 0.900. The van der Waals surface area contributed by atoms with E-state index in [2.05, 4.69) is 15.5 Å². The van der Waals surface area contributed by atoms with Crippen LogP contribution in [0.1, 0.15) is 23.5 Å². The number of hydrogen-bond acceptors (Lipinski definition) is 7. The van der Waals surface area contributed by atoms with Crippen LogP contribution in [-0.2, 0) is 27.2 Å². The number of carbonyl (C=O) groups excluding carboxylic acids is 1. The Kier molecular flexibility index (Phi) is 4.38. The normalized spacial score (nSPS) is 14.4. The molecule has 0 aliphatic carbocycles. The molecule has 22 heavy (non-hydrogen) atoms. The highest BCUT2D eigenvalue weighted by Gasteiger charge is 2.20. The Hall–Kier alpha value is -2.35. The monoisotopic (exact) mass is 321 g/mol. The number of allylic oxidation sites excluding steroid dienone is 1. The lowest BCUT2D eigenvalue weighted by Crippen LogP contribution is -2.29. The van der Waals surface area contributed by atoms with Crippen LogP contribution >= 0.6 is 11.3 Å². The van der Waals surface area contributed by atoms with Crippen molar-refractivity contribution in [3.8, 4) is 0 Å². The van der Waals surface area contributed by atoms with Crippen LogP contribution in [0, 0.1) is 0 Å². The Morgan fingerprint density at radius 2 is 2.27 bits per heavy atom. The van der Waals surface area contributed by atoms with Gasteiger partial charge in [0, 0.05) is 11.3 Å². The van der Waals surface area contributed by atoms with Crippen LogP contribution in [0.4, 0.5) is 0 Å². The zero-order chi connectivity index (χ0) is 15.4. The van der Waals surface area contributed by atoms with Crippen LogP contribution in [0.5, 0.6) is 0 Å². The maximum atomic E-state index is 12.0. The van der Waals surface area contributed by atoms with Crippen molar-refractivity contribution in [2.24, 2.45) is 0 Å². The third-order valence-electron chi connectivity index (χ3n) is 3.00. The van der Waals surface area contributed by atoms with E-state index in [1.54, 1.807) is 18.3 Å². The third-order valence-corrected chi connectivity index (χ3v) is 3.87. The molecule has 0 bridgehead atoms. The van der Waals surface area contributed by atoms with Gasteiger partial charge < -0.3 is 19.3 Å². The number of carbonyl (C=O) groups is 1. The van der Waals surface area contributed by atoms with Gasteiger partial charge in [0.1, 0.15) is 19.0 Å². The summed E-state index contributed by atoms with van der Waals surface area (Å²) in [6, 6.07) is 3.99. The largest absolute Gasteiger partial charge is 0.491 e. The Morgan fingerprint density at radius 3 is 3.05 bits per heavy atom. The van der Waals surface area contributed by atoms with Gasteiger partial charge in [-0.25, -0.2) is 0 Å². The summed E-state index contributed by atoms with van der Waals surface area (Å²) in [7, 11) is 0. The van der Waals surface area contributed by atoms with E-state index < -0.39 is 0 Å². The lowest BCUT2D eigenvalue weighted by atomic mass is 10.3. The Labute approximate surface area is 130 Å². The number of ether oxygens (including phenoxy) is 2. The number of thiophene rings is 1. The van der Waals surface area contributed by atoms with Gasteiger partial charge in [-0.05, 0) is 18.4 Å². The highest BCUT2D eigenvalue weighted by Crippen LogP contribution is 2.14. The summed E-state index contributed by atoms with van der Waals surface area (Å²) in [6.07, 6.45) is 0.621. The zero-order valence-electron chi connectivity index (χ0n) is 12.0. The van der Waals surface area contributed by atoms with Crippen molar-refractivity contribution >= 4 is 17.2 Å². The molecule has 1 aliphatic heterocycles. The standard InChI is InChI=1S/C14H15N3O4S/c1-9-13(20-5-4-19-9)14(18)15-8-12-16-11(17-21-12)7-10-3-2-6-22-10/h2-3,6H,4-5,7-8H2,1H3,(H,15,18). The second-order valence-corrected chi connectivity index (χ2v) is 5.66. The van der Waals surface area contributed by atoms with Gasteiger partial charge in [0.25, 0.3) is 5.91 Å². The summed E-state index contributed by atoms with van der Waals surface area (Å²) < 4.78 is 15.7. The first-order valence-corrected chi connectivity index (χ1v) is 7.69. The molecule has 0 saturated carbocycles. The summed E-state index contributed by atoms with van der Waals surface area (Å²) in [4.78, 5) is 17.4. The summed E-state index contributed by atoms with van der Waals surface area (Å²) in [5.41, 5.74) is 0. The molecule has 1 aliphatic rings. The number of hydrogen-bond donors (Lipinski definition) is 1. The molecule has 1 N–H and O–H groups in total. The fourth-order valence-electron chi connectivity index (χ4n) is 1.97. The van der Waals surface area contributed by atoms with E-state index >= 15 is 0 Å². The Bertz CT molecular complexity index is 678. The summed E-state index contributed by atoms with van der Waals surface area (Å²) >= 11 is 1.64. The van der Waals surface area contributed by atoms with E-state index in [1.165, 1.54) is 0 Å². The molecule has 1 amide bonds. The minimum atomic E-state index is -0.352. The van der Waals surface area contributed by atoms with Gasteiger partial charge in [-0.3, -0.25) is 4.79 Å². The van der Waals surface area contributed by atoms with Crippen LogP contribution in [-0.4, -0.2) is 29.3 Å². The van der Waals surface area contributed by atoms with E-state index in [-0.39, 0.29) is 18.2 Å². The number of amides is 1. The molecule has 0 unspecified atom stereocenters. The highest BCUT2D eigenvalue weighted by atomic mass is 32.1. The molecule has 8 heteroatoms. The molecule has 3 heterocycles. The molecule has 0 aromatic carbocycles. The number of nitrogens with zero attached hydrogens (tertiary/aromatic N) is 2. The molecule has 0 saturated heterocycles. The van der Waals surface area contributed by atoms with Gasteiger partial charge in [0.2, 0.25) is 11.6 Å². The second kappa shape index (κ2) is 6.61. The van der Waals surface area contributed by atoms with Gasteiger partial charge >= 0.3 is 0 Å². The molecule has 7 nitrogen and oxygen atoms in total. The molecule has 2 aromatic rings. The SMILES string of the molecule is CC1=C(C(=O)NCc2nc(Cc3cccs3)no2)OCCO1. The molecule has 0 spiro atoms. The van der Waals surface area contributed by atoms with E-state index in [1.807, 2.05) is 17.5 Å². The van der Waals surface area contributed by atoms with Crippen molar-refractivity contribution in [2.45, 2.75) is 19.9 Å². The van der Waals surface area contributed by atoms with Crippen LogP contribution in [0.3, 0.4) is 0 Å². The van der Waals surface area contributed by atoms with Gasteiger partial charge in [0.15, 0.2) is 5.82 Å². The Morgan fingerprint density at radius 1 is 1.41 bits per heavy atom. The maximum absolute atomic E-state index is 12.0. The molecular formula is C14H15N3O4S. The van der Waals surface area contributed by atoms with Crippen molar-refractivity contribution < 1.29 is 18.8 Å². The minimum Gasteiger partial charge on any atom is -0.491 e. The molecule has 0 radical (unpaired) electrons. The second-order valence-electron chi connectivity index (χ2n) is 4.63. The van der Waals surface area contributed by atoms with Gasteiger partial charge in [-0.2, -0.15) is 4.98 Å². The number of rotatable bonds is 5. The first kappa shape index (κ1) is 14.6. The molecule has 3 rings (SSSR count). The molecule has 0 fully saturated rings. The average molecular weight is 321 g/mol. The predicted octanol–water partition coefficient (Wildman–Crippen LogP) is 1.62. The van der Waals surface area contributed by atoms with Crippen LogP contribution < -0.4 is 5.32 Å². The fourth-order valence-corrected chi connectivity index (χ4v) is 2.67. The predicted molar refractivity (Wildman–Crippen MR) is 77.9 cm³/mol. The van der Waals surface area contributed by atoms with Crippen molar-refractivity contribution in [3.05, 3.63) is 45.6 Å². The van der Waals surface area contributed by atoms with E-state index in [0.29, 0.717) is 37.1 Å². The number of aromatic nitrogens is 2. The van der Waals surface area contributed by atoms with E-state index in [0.717, 1.165) is 4.88 Å². The van der Waals surface area contributed by atoms with Crippen LogP contribution in [0.15, 0.2) is 33.6 Å².